The van der Waals surface area contributed by atoms with Gasteiger partial charge in [-0.1, -0.05) is 0 Å². The summed E-state index contributed by atoms with van der Waals surface area (Å²) in [5, 5.41) is 15.4. The van der Waals surface area contributed by atoms with Crippen LogP contribution in [0.15, 0.2) is 0 Å². The summed E-state index contributed by atoms with van der Waals surface area (Å²) >= 11 is 0. The Kier molecular flexibility index (Phi) is 5.21. The number of alkyl carbamates (subject to hydrolysis) is 1. The number of ether oxygens (including phenoxy) is 1. The Morgan fingerprint density at radius 1 is 1.41 bits per heavy atom. The molecule has 0 saturated carbocycles. The lowest BCUT2D eigenvalue weighted by Crippen LogP contribution is -2.44. The van der Waals surface area contributed by atoms with Crippen molar-refractivity contribution in [3.63, 3.8) is 0 Å². The maximum Gasteiger partial charge on any atom is 0.407 e. The van der Waals surface area contributed by atoms with Crippen LogP contribution in [0.4, 0.5) is 4.79 Å². The third kappa shape index (κ3) is 5.37. The maximum atomic E-state index is 11.7. The number of hydrogen-bond acceptors (Lipinski definition) is 4. The normalized spacial score (nSPS) is 26.1. The number of amides is 1. The molecule has 5 nitrogen and oxygen atoms in total. The summed E-state index contributed by atoms with van der Waals surface area (Å²) in [7, 11) is 0. The smallest absolute Gasteiger partial charge is 0.407 e. The van der Waals surface area contributed by atoms with Gasteiger partial charge in [0.1, 0.15) is 5.60 Å². The molecule has 17 heavy (non-hydrogen) atoms. The minimum Gasteiger partial charge on any atom is -0.444 e. The zero-order valence-corrected chi connectivity index (χ0v) is 11.0. The predicted octanol–water partition coefficient (Wildman–Crippen LogP) is 0.872. The van der Waals surface area contributed by atoms with Gasteiger partial charge in [0.05, 0.1) is 0 Å². The molecule has 1 aliphatic rings. The quantitative estimate of drug-likeness (QED) is 0.674. The Balaban J connectivity index is 2.49. The van der Waals surface area contributed by atoms with Gasteiger partial charge in [0.15, 0.2) is 0 Å². The van der Waals surface area contributed by atoms with Crippen LogP contribution < -0.4 is 10.6 Å². The molecule has 2 unspecified atom stereocenters. The molecule has 5 heteroatoms. The summed E-state index contributed by atoms with van der Waals surface area (Å²) in [6, 6.07) is -0.00940. The van der Waals surface area contributed by atoms with Crippen molar-refractivity contribution in [1.82, 2.24) is 10.6 Å². The van der Waals surface area contributed by atoms with Gasteiger partial charge in [-0.3, -0.25) is 0 Å². The van der Waals surface area contributed by atoms with E-state index in [0.29, 0.717) is 0 Å². The molecule has 3 N–H and O–H groups in total. The highest BCUT2D eigenvalue weighted by Crippen LogP contribution is 2.15. The fraction of sp³-hybridized carbons (Fsp3) is 0.917. The van der Waals surface area contributed by atoms with E-state index in [1.165, 1.54) is 0 Å². The second-order valence-electron chi connectivity index (χ2n) is 5.52. The lowest BCUT2D eigenvalue weighted by Gasteiger charge is -2.26. The molecule has 0 radical (unpaired) electrons. The van der Waals surface area contributed by atoms with E-state index >= 15 is 0 Å². The summed E-state index contributed by atoms with van der Waals surface area (Å²) in [6.07, 6.45) is 1.30. The average Bonchev–Trinajstić information content (AvgIpc) is 2.39. The molecule has 1 heterocycles. The average molecular weight is 244 g/mol. The molecular formula is C12H24N2O3. The molecule has 100 valence electrons. The molecule has 1 rings (SSSR count). The number of carbonyl (C=O) groups is 1. The van der Waals surface area contributed by atoms with E-state index in [4.69, 9.17) is 4.74 Å². The number of carbonyl (C=O) groups excluding carboxylic acids is 1. The lowest BCUT2D eigenvalue weighted by atomic mass is 9.96. The van der Waals surface area contributed by atoms with Crippen LogP contribution in [0, 0.1) is 5.92 Å². The zero-order valence-electron chi connectivity index (χ0n) is 11.0. The molecule has 1 aliphatic heterocycles. The summed E-state index contributed by atoms with van der Waals surface area (Å²) in [6.45, 7) is 7.36. The lowest BCUT2D eigenvalue weighted by molar-refractivity contribution is 0.0469. The first-order valence-electron chi connectivity index (χ1n) is 6.23. The van der Waals surface area contributed by atoms with Crippen molar-refractivity contribution in [3.8, 4) is 0 Å². The van der Waals surface area contributed by atoms with Gasteiger partial charge in [0.2, 0.25) is 0 Å². The van der Waals surface area contributed by atoms with Gasteiger partial charge >= 0.3 is 6.09 Å². The topological polar surface area (TPSA) is 70.6 Å². The van der Waals surface area contributed by atoms with Gasteiger partial charge in [-0.15, -0.1) is 0 Å². The van der Waals surface area contributed by atoms with Crippen molar-refractivity contribution >= 4 is 6.09 Å². The van der Waals surface area contributed by atoms with Gasteiger partial charge in [-0.25, -0.2) is 4.79 Å². The van der Waals surface area contributed by atoms with Gasteiger partial charge in [0, 0.05) is 18.6 Å². The van der Waals surface area contributed by atoms with Crippen molar-refractivity contribution in [2.75, 3.05) is 19.7 Å². The Bertz CT molecular complexity index is 251. The van der Waals surface area contributed by atoms with E-state index in [2.05, 4.69) is 10.6 Å². The van der Waals surface area contributed by atoms with Crippen molar-refractivity contribution < 1.29 is 14.6 Å². The molecule has 1 saturated heterocycles. The van der Waals surface area contributed by atoms with Gasteiger partial charge in [-0.2, -0.15) is 0 Å². The third-order valence-electron chi connectivity index (χ3n) is 2.83. The van der Waals surface area contributed by atoms with E-state index in [1.54, 1.807) is 0 Å². The summed E-state index contributed by atoms with van der Waals surface area (Å²) < 4.78 is 5.22. The Hall–Kier alpha value is -0.810. The molecule has 1 amide bonds. The number of nitrogens with one attached hydrogen (secondary N) is 2. The molecule has 2 atom stereocenters. The number of aliphatic hydroxyl groups excluding tert-OH is 1. The van der Waals surface area contributed by atoms with Crippen LogP contribution in [0.1, 0.15) is 33.6 Å². The van der Waals surface area contributed by atoms with Crippen LogP contribution in [0.3, 0.4) is 0 Å². The van der Waals surface area contributed by atoms with Crippen LogP contribution in [0.25, 0.3) is 0 Å². The van der Waals surface area contributed by atoms with E-state index in [0.717, 1.165) is 25.9 Å². The molecule has 0 bridgehead atoms. The molecule has 0 aliphatic carbocycles. The molecule has 0 aromatic heterocycles. The van der Waals surface area contributed by atoms with Crippen LogP contribution in [0.2, 0.25) is 0 Å². The first-order valence-corrected chi connectivity index (χ1v) is 6.23. The van der Waals surface area contributed by atoms with E-state index in [1.807, 2.05) is 20.8 Å². The minimum atomic E-state index is -0.484. The first-order chi connectivity index (χ1) is 7.92. The third-order valence-corrected chi connectivity index (χ3v) is 2.83. The van der Waals surface area contributed by atoms with Crippen LogP contribution in [0.5, 0.6) is 0 Å². The van der Waals surface area contributed by atoms with Gasteiger partial charge < -0.3 is 20.5 Å². The van der Waals surface area contributed by atoms with Crippen molar-refractivity contribution in [2.24, 2.45) is 5.92 Å². The number of aliphatic hydroxyl groups is 1. The molecular weight excluding hydrogens is 220 g/mol. The van der Waals surface area contributed by atoms with Gasteiger partial charge in [-0.05, 0) is 46.7 Å². The Morgan fingerprint density at radius 3 is 2.65 bits per heavy atom. The molecule has 0 aromatic carbocycles. The minimum absolute atomic E-state index is 0.00940. The van der Waals surface area contributed by atoms with E-state index < -0.39 is 11.7 Å². The molecule has 1 fully saturated rings. The largest absolute Gasteiger partial charge is 0.444 e. The second-order valence-corrected chi connectivity index (χ2v) is 5.52. The predicted molar refractivity (Wildman–Crippen MR) is 65.8 cm³/mol. The number of rotatable bonds is 2. The standard InChI is InChI=1S/C12H24N2O3/c1-12(2,3)17-11(16)14-10-5-7-13-6-4-9(10)8-15/h9-10,13,15H,4-8H2,1-3H3,(H,14,16). The van der Waals surface area contributed by atoms with Crippen molar-refractivity contribution in [2.45, 2.75) is 45.3 Å². The zero-order chi connectivity index (χ0) is 12.9. The highest BCUT2D eigenvalue weighted by atomic mass is 16.6. The monoisotopic (exact) mass is 244 g/mol. The van der Waals surface area contributed by atoms with Crippen molar-refractivity contribution in [1.29, 1.82) is 0 Å². The summed E-state index contributed by atoms with van der Waals surface area (Å²) in [4.78, 5) is 11.7. The number of hydrogen-bond donors (Lipinski definition) is 3. The van der Waals surface area contributed by atoms with Gasteiger partial charge in [0.25, 0.3) is 0 Å². The Labute approximate surface area is 103 Å². The summed E-state index contributed by atoms with van der Waals surface area (Å²) in [5.41, 5.74) is -0.484. The SMILES string of the molecule is CC(C)(C)OC(=O)NC1CCNCCC1CO. The molecule has 0 spiro atoms. The van der Waals surface area contributed by atoms with Crippen LogP contribution >= 0.6 is 0 Å². The highest BCUT2D eigenvalue weighted by Gasteiger charge is 2.26. The first kappa shape index (κ1) is 14.3. The molecule has 0 aromatic rings. The summed E-state index contributed by atoms with van der Waals surface area (Å²) in [5.74, 6) is 0.109. The fourth-order valence-electron chi connectivity index (χ4n) is 1.97. The van der Waals surface area contributed by atoms with E-state index in [-0.39, 0.29) is 18.6 Å². The Morgan fingerprint density at radius 2 is 2.06 bits per heavy atom. The fourth-order valence-corrected chi connectivity index (χ4v) is 1.97. The van der Waals surface area contributed by atoms with E-state index in [9.17, 15) is 9.90 Å². The van der Waals surface area contributed by atoms with Crippen LogP contribution in [-0.2, 0) is 4.74 Å². The second kappa shape index (κ2) is 6.21. The maximum absolute atomic E-state index is 11.7. The van der Waals surface area contributed by atoms with Crippen molar-refractivity contribution in [3.05, 3.63) is 0 Å². The highest BCUT2D eigenvalue weighted by molar-refractivity contribution is 5.68. The van der Waals surface area contributed by atoms with Crippen LogP contribution in [-0.4, -0.2) is 42.5 Å².